The molecule has 39 heavy (non-hydrogen) atoms. The zero-order valence-electron chi connectivity index (χ0n) is 20.9. The average Bonchev–Trinajstić information content (AvgIpc) is 3.25. The third kappa shape index (κ3) is 4.08. The lowest BCUT2D eigenvalue weighted by atomic mass is 9.80. The van der Waals surface area contributed by atoms with Crippen molar-refractivity contribution in [1.82, 2.24) is 9.78 Å². The van der Waals surface area contributed by atoms with Gasteiger partial charge < -0.3 is 15.8 Å². The molecular formula is C31H22ClN5O2. The molecule has 4 aromatic carbocycles. The first kappa shape index (κ1) is 24.3. The molecule has 7 nitrogen and oxygen atoms in total. The summed E-state index contributed by atoms with van der Waals surface area (Å²) in [6, 6.07) is 30.3. The Bertz CT molecular complexity index is 1820. The Morgan fingerprint density at radius 3 is 2.41 bits per heavy atom. The Morgan fingerprint density at radius 2 is 1.69 bits per heavy atom. The summed E-state index contributed by atoms with van der Waals surface area (Å²) in [6.45, 7) is 1.84. The molecule has 0 bridgehead atoms. The Morgan fingerprint density at radius 1 is 1.03 bits per heavy atom. The highest BCUT2D eigenvalue weighted by Gasteiger charge is 2.38. The van der Waals surface area contributed by atoms with Gasteiger partial charge in [0.1, 0.15) is 22.5 Å². The zero-order valence-corrected chi connectivity index (χ0v) is 21.6. The van der Waals surface area contributed by atoms with Crippen LogP contribution in [0.15, 0.2) is 102 Å². The number of allylic oxidation sites excluding steroid dienone is 1. The van der Waals surface area contributed by atoms with Crippen LogP contribution in [-0.2, 0) is 0 Å². The highest BCUT2D eigenvalue weighted by molar-refractivity contribution is 6.31. The van der Waals surface area contributed by atoms with Crippen LogP contribution in [0.1, 0.15) is 33.1 Å². The molecule has 2 heterocycles. The number of anilines is 1. The van der Waals surface area contributed by atoms with E-state index in [2.05, 4.69) is 11.4 Å². The molecule has 0 saturated carbocycles. The molecule has 1 amide bonds. The summed E-state index contributed by atoms with van der Waals surface area (Å²) in [7, 11) is 0. The quantitative estimate of drug-likeness (QED) is 0.277. The molecule has 1 aliphatic heterocycles. The minimum atomic E-state index is -0.710. The molecule has 0 radical (unpaired) electrons. The maximum Gasteiger partial charge on any atom is 0.259 e. The SMILES string of the molecule is Cc1nn(-c2ccccc2)c(Cl)c1C1C(C#N)=C(N)Oc2c(C(=O)Nc3ccccc3)cc3ccccc3c21. The molecule has 190 valence electrons. The second kappa shape index (κ2) is 9.67. The lowest BCUT2D eigenvalue weighted by molar-refractivity contribution is 0.102. The van der Waals surface area contributed by atoms with Gasteiger partial charge in [-0.25, -0.2) is 4.68 Å². The van der Waals surface area contributed by atoms with Crippen molar-refractivity contribution in [3.05, 3.63) is 130 Å². The number of nitrogens with two attached hydrogens (primary N) is 1. The predicted molar refractivity (Wildman–Crippen MR) is 151 cm³/mol. The van der Waals surface area contributed by atoms with E-state index < -0.39 is 5.92 Å². The van der Waals surface area contributed by atoms with Crippen LogP contribution >= 0.6 is 11.6 Å². The fourth-order valence-corrected chi connectivity index (χ4v) is 5.46. The normalized spacial score (nSPS) is 14.4. The average molecular weight is 532 g/mol. The number of amides is 1. The van der Waals surface area contributed by atoms with Crippen LogP contribution < -0.4 is 15.8 Å². The van der Waals surface area contributed by atoms with E-state index in [4.69, 9.17) is 27.2 Å². The molecule has 3 N–H and O–H groups in total. The Labute approximate surface area is 229 Å². The van der Waals surface area contributed by atoms with Crippen LogP contribution in [0.3, 0.4) is 0 Å². The summed E-state index contributed by atoms with van der Waals surface area (Å²) >= 11 is 7.00. The number of nitrogens with zero attached hydrogens (tertiary/aromatic N) is 3. The summed E-state index contributed by atoms with van der Waals surface area (Å²) in [5.74, 6) is -0.871. The van der Waals surface area contributed by atoms with Crippen molar-refractivity contribution < 1.29 is 9.53 Å². The maximum atomic E-state index is 13.6. The van der Waals surface area contributed by atoms with E-state index in [-0.39, 0.29) is 23.1 Å². The van der Waals surface area contributed by atoms with Gasteiger partial charge >= 0.3 is 0 Å². The molecular weight excluding hydrogens is 510 g/mol. The third-order valence-corrected chi connectivity index (χ3v) is 7.19. The third-order valence-electron chi connectivity index (χ3n) is 6.83. The molecule has 8 heteroatoms. The molecule has 1 aliphatic rings. The first-order valence-electron chi connectivity index (χ1n) is 12.3. The summed E-state index contributed by atoms with van der Waals surface area (Å²) in [5.41, 5.74) is 10.1. The van der Waals surface area contributed by atoms with Crippen molar-refractivity contribution in [3.8, 4) is 17.5 Å². The number of carbonyl (C=O) groups is 1. The lowest BCUT2D eigenvalue weighted by Crippen LogP contribution is -2.24. The molecule has 0 aliphatic carbocycles. The fourth-order valence-electron chi connectivity index (χ4n) is 5.08. The van der Waals surface area contributed by atoms with Crippen molar-refractivity contribution >= 4 is 34.0 Å². The van der Waals surface area contributed by atoms with Gasteiger partial charge in [-0.15, -0.1) is 0 Å². The summed E-state index contributed by atoms with van der Waals surface area (Å²) in [5, 5.41) is 19.9. The topological polar surface area (TPSA) is 106 Å². The molecule has 1 aromatic heterocycles. The molecule has 0 fully saturated rings. The number of benzene rings is 4. The van der Waals surface area contributed by atoms with Crippen LogP contribution in [0, 0.1) is 18.3 Å². The van der Waals surface area contributed by atoms with Crippen molar-refractivity contribution in [2.24, 2.45) is 5.73 Å². The molecule has 1 atom stereocenters. The van der Waals surface area contributed by atoms with E-state index in [1.54, 1.807) is 22.9 Å². The Hall–Kier alpha value is -5.06. The number of halogens is 1. The van der Waals surface area contributed by atoms with Gasteiger partial charge in [0.15, 0.2) is 0 Å². The summed E-state index contributed by atoms with van der Waals surface area (Å²) < 4.78 is 7.70. The first-order chi connectivity index (χ1) is 19.0. The number of para-hydroxylation sites is 2. The molecule has 0 saturated heterocycles. The second-order valence-electron chi connectivity index (χ2n) is 9.17. The van der Waals surface area contributed by atoms with Crippen LogP contribution in [0.4, 0.5) is 5.69 Å². The molecule has 5 aromatic rings. The van der Waals surface area contributed by atoms with Crippen LogP contribution in [0.25, 0.3) is 16.5 Å². The number of carbonyl (C=O) groups excluding carboxylic acids is 1. The van der Waals surface area contributed by atoms with E-state index >= 15 is 0 Å². The van der Waals surface area contributed by atoms with Crippen LogP contribution in [0.5, 0.6) is 5.75 Å². The number of hydrogen-bond acceptors (Lipinski definition) is 5. The monoisotopic (exact) mass is 531 g/mol. The number of ether oxygens (including phenoxy) is 1. The van der Waals surface area contributed by atoms with Crippen LogP contribution in [0.2, 0.25) is 5.15 Å². The number of aromatic nitrogens is 2. The van der Waals surface area contributed by atoms with Crippen molar-refractivity contribution in [3.63, 3.8) is 0 Å². The van der Waals surface area contributed by atoms with E-state index in [9.17, 15) is 10.1 Å². The van der Waals surface area contributed by atoms with E-state index in [1.165, 1.54) is 0 Å². The second-order valence-corrected chi connectivity index (χ2v) is 9.53. The number of hydrogen-bond donors (Lipinski definition) is 2. The van der Waals surface area contributed by atoms with Gasteiger partial charge in [-0.05, 0) is 48.0 Å². The predicted octanol–water partition coefficient (Wildman–Crippen LogP) is 6.46. The Balaban J connectivity index is 1.61. The van der Waals surface area contributed by atoms with Gasteiger partial charge in [0.05, 0.1) is 22.9 Å². The van der Waals surface area contributed by atoms with E-state index in [0.29, 0.717) is 33.2 Å². The van der Waals surface area contributed by atoms with Crippen molar-refractivity contribution in [1.29, 1.82) is 5.26 Å². The van der Waals surface area contributed by atoms with Gasteiger partial charge in [-0.1, -0.05) is 72.3 Å². The molecule has 0 spiro atoms. The van der Waals surface area contributed by atoms with Gasteiger partial charge in [-0.3, -0.25) is 4.79 Å². The number of rotatable bonds is 4. The lowest BCUT2D eigenvalue weighted by Gasteiger charge is -2.29. The minimum Gasteiger partial charge on any atom is -0.439 e. The number of nitriles is 1. The summed E-state index contributed by atoms with van der Waals surface area (Å²) in [6.07, 6.45) is 0. The maximum absolute atomic E-state index is 13.6. The summed E-state index contributed by atoms with van der Waals surface area (Å²) in [4.78, 5) is 13.6. The van der Waals surface area contributed by atoms with Gasteiger partial charge in [0.25, 0.3) is 5.91 Å². The highest BCUT2D eigenvalue weighted by atomic mass is 35.5. The largest absolute Gasteiger partial charge is 0.439 e. The number of fused-ring (bicyclic) bond motifs is 3. The minimum absolute atomic E-state index is 0.0815. The standard InChI is InChI=1S/C31H22ClN5O2/c1-18-25(29(32)37(36-18)21-13-6-3-7-14-21)26-24(17-33)30(34)39-28-23(31(38)35-20-11-4-2-5-12-20)16-19-10-8-9-15-22(19)27(26)28/h2-16,26H,34H2,1H3,(H,35,38). The van der Waals surface area contributed by atoms with E-state index in [0.717, 1.165) is 16.5 Å². The van der Waals surface area contributed by atoms with Gasteiger partial charge in [0, 0.05) is 16.8 Å². The first-order valence-corrected chi connectivity index (χ1v) is 12.7. The van der Waals surface area contributed by atoms with Crippen molar-refractivity contribution in [2.45, 2.75) is 12.8 Å². The molecule has 1 unspecified atom stereocenters. The Kier molecular flexibility index (Phi) is 6.02. The highest BCUT2D eigenvalue weighted by Crippen LogP contribution is 2.50. The van der Waals surface area contributed by atoms with E-state index in [1.807, 2.05) is 79.7 Å². The zero-order chi connectivity index (χ0) is 27.1. The number of aryl methyl sites for hydroxylation is 1. The smallest absolute Gasteiger partial charge is 0.259 e. The van der Waals surface area contributed by atoms with Gasteiger partial charge in [-0.2, -0.15) is 10.4 Å². The molecule has 6 rings (SSSR count). The number of nitrogens with one attached hydrogen (secondary N) is 1. The van der Waals surface area contributed by atoms with Gasteiger partial charge in [0.2, 0.25) is 5.88 Å². The fraction of sp³-hybridized carbons (Fsp3) is 0.0645. The van der Waals surface area contributed by atoms with Crippen molar-refractivity contribution in [2.75, 3.05) is 5.32 Å². The van der Waals surface area contributed by atoms with Crippen LogP contribution in [-0.4, -0.2) is 15.7 Å².